The van der Waals surface area contributed by atoms with Gasteiger partial charge in [-0.2, -0.15) is 0 Å². The van der Waals surface area contributed by atoms with Crippen LogP contribution in [0.2, 0.25) is 0 Å². The predicted octanol–water partition coefficient (Wildman–Crippen LogP) is 3.20. The highest BCUT2D eigenvalue weighted by Crippen LogP contribution is 2.24. The lowest BCUT2D eigenvalue weighted by atomic mass is 9.88. The molecule has 1 atom stereocenters. The van der Waals surface area contributed by atoms with Crippen LogP contribution in [0.3, 0.4) is 0 Å². The quantitative estimate of drug-likeness (QED) is 0.588. The smallest absolute Gasteiger partial charge is 0.194 e. The van der Waals surface area contributed by atoms with E-state index in [0.29, 0.717) is 11.8 Å². The lowest BCUT2D eigenvalue weighted by Crippen LogP contribution is -2.52. The summed E-state index contributed by atoms with van der Waals surface area (Å²) in [5.74, 6) is 2.02. The van der Waals surface area contributed by atoms with Crippen molar-refractivity contribution in [2.75, 3.05) is 39.3 Å². The molecule has 6 nitrogen and oxygen atoms in total. The van der Waals surface area contributed by atoms with E-state index in [1.165, 1.54) is 5.56 Å². The third-order valence-corrected chi connectivity index (χ3v) is 5.35. The monoisotopic (exact) mass is 383 g/mol. The maximum atomic E-state index is 5.02. The van der Waals surface area contributed by atoms with Gasteiger partial charge in [0.15, 0.2) is 5.96 Å². The van der Waals surface area contributed by atoms with Crippen LogP contribution in [0.25, 0.3) is 0 Å². The Morgan fingerprint density at radius 3 is 2.50 bits per heavy atom. The maximum Gasteiger partial charge on any atom is 0.194 e. The minimum absolute atomic E-state index is 0.434. The van der Waals surface area contributed by atoms with Gasteiger partial charge in [-0.25, -0.2) is 0 Å². The molecule has 0 saturated carbocycles. The molecule has 0 amide bonds. The van der Waals surface area contributed by atoms with E-state index in [9.17, 15) is 0 Å². The lowest BCUT2D eigenvalue weighted by molar-refractivity contribution is 0.169. The molecule has 0 aliphatic carbocycles. The van der Waals surface area contributed by atoms with Gasteiger partial charge in [-0.15, -0.1) is 0 Å². The Hall–Kier alpha value is -2.34. The molecular formula is C22H33N5O. The Morgan fingerprint density at radius 2 is 1.89 bits per heavy atom. The van der Waals surface area contributed by atoms with E-state index in [1.807, 2.05) is 6.07 Å². The zero-order valence-corrected chi connectivity index (χ0v) is 17.3. The second kappa shape index (κ2) is 10.3. The third-order valence-electron chi connectivity index (χ3n) is 5.35. The van der Waals surface area contributed by atoms with Gasteiger partial charge >= 0.3 is 0 Å². The molecule has 2 heterocycles. The number of nitrogens with one attached hydrogen (secondary N) is 1. The van der Waals surface area contributed by atoms with E-state index >= 15 is 0 Å². The van der Waals surface area contributed by atoms with Gasteiger partial charge in [0.1, 0.15) is 6.26 Å². The molecule has 152 valence electrons. The average Bonchev–Trinajstić information content (AvgIpc) is 3.22. The van der Waals surface area contributed by atoms with Crippen LogP contribution in [0.5, 0.6) is 0 Å². The van der Waals surface area contributed by atoms with Gasteiger partial charge in [-0.1, -0.05) is 49.3 Å². The fraction of sp³-hybridized carbons (Fsp3) is 0.545. The normalized spacial score (nSPS) is 17.1. The van der Waals surface area contributed by atoms with E-state index in [1.54, 1.807) is 6.26 Å². The molecular weight excluding hydrogens is 350 g/mol. The second-order valence-electron chi connectivity index (χ2n) is 7.71. The summed E-state index contributed by atoms with van der Waals surface area (Å²) < 4.78 is 4.94. The fourth-order valence-corrected chi connectivity index (χ4v) is 3.68. The number of guanidine groups is 1. The van der Waals surface area contributed by atoms with Crippen molar-refractivity contribution in [2.24, 2.45) is 10.9 Å². The molecule has 1 aliphatic rings. The highest BCUT2D eigenvalue weighted by Gasteiger charge is 2.21. The van der Waals surface area contributed by atoms with Crippen molar-refractivity contribution in [2.45, 2.75) is 33.2 Å². The predicted molar refractivity (Wildman–Crippen MR) is 113 cm³/mol. The van der Waals surface area contributed by atoms with Gasteiger partial charge in [0.25, 0.3) is 0 Å². The number of piperazine rings is 1. The van der Waals surface area contributed by atoms with E-state index < -0.39 is 0 Å². The van der Waals surface area contributed by atoms with E-state index in [4.69, 9.17) is 9.52 Å². The van der Waals surface area contributed by atoms with E-state index in [0.717, 1.165) is 57.5 Å². The number of hydrogen-bond acceptors (Lipinski definition) is 4. The summed E-state index contributed by atoms with van der Waals surface area (Å²) >= 11 is 0. The molecule has 1 N–H and O–H groups in total. The van der Waals surface area contributed by atoms with Gasteiger partial charge < -0.3 is 14.7 Å². The minimum atomic E-state index is 0.434. The zero-order chi connectivity index (χ0) is 19.8. The van der Waals surface area contributed by atoms with Gasteiger partial charge in [0, 0.05) is 57.8 Å². The van der Waals surface area contributed by atoms with Crippen molar-refractivity contribution < 1.29 is 4.52 Å². The number of rotatable bonds is 7. The van der Waals surface area contributed by atoms with Crippen LogP contribution in [-0.4, -0.2) is 60.2 Å². The van der Waals surface area contributed by atoms with E-state index in [2.05, 4.69) is 71.4 Å². The summed E-state index contributed by atoms with van der Waals surface area (Å²) in [5.41, 5.74) is 2.37. The van der Waals surface area contributed by atoms with Crippen molar-refractivity contribution in [1.29, 1.82) is 0 Å². The van der Waals surface area contributed by atoms with E-state index in [-0.39, 0.29) is 0 Å². The molecule has 1 saturated heterocycles. The Labute approximate surface area is 168 Å². The van der Waals surface area contributed by atoms with Crippen molar-refractivity contribution >= 4 is 5.96 Å². The molecule has 0 spiro atoms. The number of benzene rings is 1. The Balaban J connectivity index is 1.60. The summed E-state index contributed by atoms with van der Waals surface area (Å²) in [6.07, 6.45) is 1.64. The summed E-state index contributed by atoms with van der Waals surface area (Å²) in [7, 11) is 0. The standard InChI is InChI=1S/C22H33N5O/c1-4-23-22(24-16-21(18(2)3)19-8-6-5-7-9-19)27-13-11-26(12-14-27)17-20-10-15-28-25-20/h5-10,15,18,21H,4,11-14,16-17H2,1-3H3,(H,23,24). The molecule has 1 aromatic carbocycles. The Kier molecular flexibility index (Phi) is 7.48. The highest BCUT2D eigenvalue weighted by molar-refractivity contribution is 5.80. The van der Waals surface area contributed by atoms with Gasteiger partial charge in [0.2, 0.25) is 0 Å². The van der Waals surface area contributed by atoms with Crippen LogP contribution < -0.4 is 5.32 Å². The molecule has 28 heavy (non-hydrogen) atoms. The summed E-state index contributed by atoms with van der Waals surface area (Å²) in [5, 5.41) is 7.51. The molecule has 2 aromatic rings. The summed E-state index contributed by atoms with van der Waals surface area (Å²) in [4.78, 5) is 9.82. The molecule has 6 heteroatoms. The number of aliphatic imine (C=N–C) groups is 1. The minimum Gasteiger partial charge on any atom is -0.364 e. The van der Waals surface area contributed by atoms with Crippen molar-refractivity contribution in [3.05, 3.63) is 53.9 Å². The first-order valence-electron chi connectivity index (χ1n) is 10.4. The molecule has 3 rings (SSSR count). The highest BCUT2D eigenvalue weighted by atomic mass is 16.5. The van der Waals surface area contributed by atoms with Crippen molar-refractivity contribution in [3.63, 3.8) is 0 Å². The topological polar surface area (TPSA) is 56.9 Å². The number of aromatic nitrogens is 1. The van der Waals surface area contributed by atoms with Crippen molar-refractivity contribution in [1.82, 2.24) is 20.3 Å². The third kappa shape index (κ3) is 5.58. The zero-order valence-electron chi connectivity index (χ0n) is 17.3. The average molecular weight is 384 g/mol. The van der Waals surface area contributed by atoms with Crippen LogP contribution in [0, 0.1) is 5.92 Å². The SMILES string of the molecule is CCNC(=NCC(c1ccccc1)C(C)C)N1CCN(Cc2ccon2)CC1. The first-order chi connectivity index (χ1) is 13.7. The van der Waals surface area contributed by atoms with Crippen LogP contribution in [0.4, 0.5) is 0 Å². The lowest BCUT2D eigenvalue weighted by Gasteiger charge is -2.36. The largest absolute Gasteiger partial charge is 0.364 e. The molecule has 1 aliphatic heterocycles. The summed E-state index contributed by atoms with van der Waals surface area (Å²) in [6, 6.07) is 12.7. The van der Waals surface area contributed by atoms with Crippen LogP contribution >= 0.6 is 0 Å². The van der Waals surface area contributed by atoms with Gasteiger partial charge in [-0.3, -0.25) is 9.89 Å². The van der Waals surface area contributed by atoms with Crippen LogP contribution in [-0.2, 0) is 6.54 Å². The molecule has 1 fully saturated rings. The Bertz CT molecular complexity index is 706. The number of hydrogen-bond donors (Lipinski definition) is 1. The number of nitrogens with zero attached hydrogens (tertiary/aromatic N) is 4. The second-order valence-corrected chi connectivity index (χ2v) is 7.71. The van der Waals surface area contributed by atoms with Gasteiger partial charge in [-0.05, 0) is 18.4 Å². The fourth-order valence-electron chi connectivity index (χ4n) is 3.68. The van der Waals surface area contributed by atoms with Crippen LogP contribution in [0.1, 0.15) is 37.9 Å². The molecule has 1 aromatic heterocycles. The van der Waals surface area contributed by atoms with Gasteiger partial charge in [0.05, 0.1) is 5.69 Å². The van der Waals surface area contributed by atoms with Crippen LogP contribution in [0.15, 0.2) is 52.2 Å². The first-order valence-corrected chi connectivity index (χ1v) is 10.4. The first kappa shape index (κ1) is 20.4. The molecule has 0 bridgehead atoms. The maximum absolute atomic E-state index is 5.02. The molecule has 1 unspecified atom stereocenters. The molecule has 0 radical (unpaired) electrons. The van der Waals surface area contributed by atoms with Crippen molar-refractivity contribution in [3.8, 4) is 0 Å². The Morgan fingerprint density at radius 1 is 1.14 bits per heavy atom. The summed E-state index contributed by atoms with van der Waals surface area (Å²) in [6.45, 7) is 13.2.